The van der Waals surface area contributed by atoms with Gasteiger partial charge < -0.3 is 14.0 Å². The second-order valence-electron chi connectivity index (χ2n) is 8.27. The van der Waals surface area contributed by atoms with Crippen LogP contribution in [0.25, 0.3) is 10.9 Å². The lowest BCUT2D eigenvalue weighted by molar-refractivity contribution is -0.140. The zero-order valence-corrected chi connectivity index (χ0v) is 21.1. The molecule has 9 heteroatoms. The van der Waals surface area contributed by atoms with Crippen LogP contribution in [0.15, 0.2) is 42.5 Å². The number of amides is 2. The standard InChI is InChI=1S/C26H29N3O5S/c1-5-28-17(4)24(26(32)33-6-2)20-13-19(11-12-21(20)28)34-14-22(30)27-29-23(31)15-35-25(29)18-9-7-16(3)8-10-18/h7-13,25H,5-6,14-15H2,1-4H3,(H,27,30)/t25-/m0/s1. The van der Waals surface area contributed by atoms with Crippen molar-refractivity contribution in [3.8, 4) is 5.75 Å². The molecule has 3 aromatic rings. The van der Waals surface area contributed by atoms with Gasteiger partial charge in [0.2, 0.25) is 0 Å². The second kappa shape index (κ2) is 10.4. The predicted octanol–water partition coefficient (Wildman–Crippen LogP) is 4.14. The van der Waals surface area contributed by atoms with E-state index in [0.29, 0.717) is 29.0 Å². The molecule has 4 rings (SSSR count). The van der Waals surface area contributed by atoms with Crippen LogP contribution in [0.5, 0.6) is 5.75 Å². The predicted molar refractivity (Wildman–Crippen MR) is 135 cm³/mol. The van der Waals surface area contributed by atoms with Crippen molar-refractivity contribution in [1.29, 1.82) is 0 Å². The Morgan fingerprint density at radius 2 is 1.86 bits per heavy atom. The Balaban J connectivity index is 1.48. The number of carbonyl (C=O) groups is 3. The summed E-state index contributed by atoms with van der Waals surface area (Å²) in [5.41, 5.74) is 6.97. The van der Waals surface area contributed by atoms with Crippen LogP contribution in [0.3, 0.4) is 0 Å². The molecule has 0 radical (unpaired) electrons. The van der Waals surface area contributed by atoms with Crippen molar-refractivity contribution in [1.82, 2.24) is 15.0 Å². The molecule has 0 spiro atoms. The molecule has 2 amide bonds. The topological polar surface area (TPSA) is 89.9 Å². The quantitative estimate of drug-likeness (QED) is 0.473. The number of hydrogen-bond acceptors (Lipinski definition) is 6. The summed E-state index contributed by atoms with van der Waals surface area (Å²) >= 11 is 1.46. The highest BCUT2D eigenvalue weighted by Gasteiger charge is 2.34. The number of nitrogens with zero attached hydrogens (tertiary/aromatic N) is 2. The Morgan fingerprint density at radius 1 is 1.11 bits per heavy atom. The number of ether oxygens (including phenoxy) is 2. The van der Waals surface area contributed by atoms with Crippen LogP contribution >= 0.6 is 11.8 Å². The summed E-state index contributed by atoms with van der Waals surface area (Å²) in [6.07, 6.45) is 0. The molecule has 1 N–H and O–H groups in total. The first kappa shape index (κ1) is 24.7. The van der Waals surface area contributed by atoms with Gasteiger partial charge in [0.1, 0.15) is 11.1 Å². The van der Waals surface area contributed by atoms with E-state index in [2.05, 4.69) is 5.43 Å². The van der Waals surface area contributed by atoms with Crippen LogP contribution in [0, 0.1) is 13.8 Å². The van der Waals surface area contributed by atoms with E-state index in [9.17, 15) is 14.4 Å². The number of fused-ring (bicyclic) bond motifs is 1. The lowest BCUT2D eigenvalue weighted by Gasteiger charge is -2.24. The van der Waals surface area contributed by atoms with Gasteiger partial charge in [0, 0.05) is 23.1 Å². The van der Waals surface area contributed by atoms with E-state index >= 15 is 0 Å². The van der Waals surface area contributed by atoms with E-state index in [0.717, 1.165) is 22.3 Å². The van der Waals surface area contributed by atoms with Crippen LogP contribution in [0.1, 0.15) is 46.4 Å². The number of thioether (sulfide) groups is 1. The molecule has 2 heterocycles. The zero-order valence-electron chi connectivity index (χ0n) is 20.3. The molecule has 0 unspecified atom stereocenters. The van der Waals surface area contributed by atoms with Crippen molar-refractivity contribution in [3.05, 3.63) is 64.8 Å². The molecule has 0 aliphatic carbocycles. The Morgan fingerprint density at radius 3 is 2.54 bits per heavy atom. The van der Waals surface area contributed by atoms with Crippen LogP contribution in [0.4, 0.5) is 0 Å². The van der Waals surface area contributed by atoms with Gasteiger partial charge in [0.05, 0.1) is 17.9 Å². The summed E-state index contributed by atoms with van der Waals surface area (Å²) in [6, 6.07) is 13.3. The minimum Gasteiger partial charge on any atom is -0.484 e. The van der Waals surface area contributed by atoms with E-state index in [4.69, 9.17) is 9.47 Å². The summed E-state index contributed by atoms with van der Waals surface area (Å²) < 4.78 is 13.0. The molecular formula is C26H29N3O5S. The van der Waals surface area contributed by atoms with Gasteiger partial charge in [0.25, 0.3) is 11.8 Å². The fourth-order valence-corrected chi connectivity index (χ4v) is 5.37. The number of hydrogen-bond donors (Lipinski definition) is 1. The van der Waals surface area contributed by atoms with Crippen LogP contribution in [-0.2, 0) is 20.9 Å². The first-order valence-corrected chi connectivity index (χ1v) is 12.6. The molecule has 0 bridgehead atoms. The van der Waals surface area contributed by atoms with Gasteiger partial charge in [-0.2, -0.15) is 0 Å². The summed E-state index contributed by atoms with van der Waals surface area (Å²) in [5.74, 6) is -0.245. The lowest BCUT2D eigenvalue weighted by atomic mass is 10.1. The first-order chi connectivity index (χ1) is 16.8. The Kier molecular flexibility index (Phi) is 7.35. The van der Waals surface area contributed by atoms with Crippen LogP contribution < -0.4 is 10.2 Å². The van der Waals surface area contributed by atoms with Gasteiger partial charge >= 0.3 is 5.97 Å². The zero-order chi connectivity index (χ0) is 25.1. The van der Waals surface area contributed by atoms with Crippen molar-refractivity contribution >= 4 is 40.4 Å². The number of aryl methyl sites for hydroxylation is 2. The molecule has 35 heavy (non-hydrogen) atoms. The second-order valence-corrected chi connectivity index (χ2v) is 9.33. The third kappa shape index (κ3) is 5.00. The number of rotatable bonds is 8. The van der Waals surface area contributed by atoms with Gasteiger partial charge in [0.15, 0.2) is 6.61 Å². The maximum absolute atomic E-state index is 12.7. The SMILES string of the molecule is CCOC(=O)c1c(C)n(CC)c2ccc(OCC(=O)NN3C(=O)CS[C@H]3c3ccc(C)cc3)cc12. The Bertz CT molecular complexity index is 1270. The maximum atomic E-state index is 12.7. The third-order valence-corrected chi connectivity index (χ3v) is 7.15. The monoisotopic (exact) mass is 495 g/mol. The van der Waals surface area contributed by atoms with Crippen LogP contribution in [0.2, 0.25) is 0 Å². The third-order valence-electron chi connectivity index (χ3n) is 5.94. The molecule has 1 aliphatic heterocycles. The lowest BCUT2D eigenvalue weighted by Crippen LogP contribution is -2.46. The highest BCUT2D eigenvalue weighted by Crippen LogP contribution is 2.37. The maximum Gasteiger partial charge on any atom is 0.340 e. The number of aromatic nitrogens is 1. The fraction of sp³-hybridized carbons (Fsp3) is 0.346. The van der Waals surface area contributed by atoms with Gasteiger partial charge in [-0.05, 0) is 51.5 Å². The Labute approximate surface area is 208 Å². The Hall–Kier alpha value is -3.46. The number of esters is 1. The van der Waals surface area contributed by atoms with Crippen molar-refractivity contribution in [2.75, 3.05) is 19.0 Å². The van der Waals surface area contributed by atoms with Crippen molar-refractivity contribution in [2.24, 2.45) is 0 Å². The minimum absolute atomic E-state index is 0.161. The summed E-state index contributed by atoms with van der Waals surface area (Å²) in [4.78, 5) is 37.7. The molecule has 8 nitrogen and oxygen atoms in total. The molecule has 1 aliphatic rings. The summed E-state index contributed by atoms with van der Waals surface area (Å²) in [6.45, 7) is 8.38. The van der Waals surface area contributed by atoms with E-state index in [1.54, 1.807) is 19.1 Å². The number of nitrogens with one attached hydrogen (secondary N) is 1. The van der Waals surface area contributed by atoms with E-state index in [-0.39, 0.29) is 30.5 Å². The molecule has 1 fully saturated rings. The van der Waals surface area contributed by atoms with Crippen molar-refractivity contribution in [2.45, 2.75) is 39.6 Å². The van der Waals surface area contributed by atoms with E-state index in [1.165, 1.54) is 16.8 Å². The van der Waals surface area contributed by atoms with Crippen molar-refractivity contribution < 1.29 is 23.9 Å². The number of carbonyl (C=O) groups excluding carboxylic acids is 3. The van der Waals surface area contributed by atoms with Crippen molar-refractivity contribution in [3.63, 3.8) is 0 Å². The highest BCUT2D eigenvalue weighted by molar-refractivity contribution is 8.00. The molecule has 1 aromatic heterocycles. The van der Waals surface area contributed by atoms with E-state index < -0.39 is 5.91 Å². The van der Waals surface area contributed by atoms with E-state index in [1.807, 2.05) is 55.7 Å². The fourth-order valence-electron chi connectivity index (χ4n) is 4.26. The summed E-state index contributed by atoms with van der Waals surface area (Å²) in [7, 11) is 0. The molecule has 1 saturated heterocycles. The number of hydrazine groups is 1. The average Bonchev–Trinajstić information content (AvgIpc) is 3.34. The highest BCUT2D eigenvalue weighted by atomic mass is 32.2. The average molecular weight is 496 g/mol. The molecule has 184 valence electrons. The normalized spacial score (nSPS) is 15.5. The van der Waals surface area contributed by atoms with Gasteiger partial charge in [-0.3, -0.25) is 15.0 Å². The molecular weight excluding hydrogens is 466 g/mol. The molecule has 0 saturated carbocycles. The first-order valence-electron chi connectivity index (χ1n) is 11.6. The number of benzene rings is 2. The van der Waals surface area contributed by atoms with Gasteiger partial charge in [-0.15, -0.1) is 11.8 Å². The molecule has 2 aromatic carbocycles. The van der Waals surface area contributed by atoms with Gasteiger partial charge in [-0.25, -0.2) is 9.80 Å². The smallest absolute Gasteiger partial charge is 0.340 e. The summed E-state index contributed by atoms with van der Waals surface area (Å²) in [5, 5.41) is 1.80. The largest absolute Gasteiger partial charge is 0.484 e. The van der Waals surface area contributed by atoms with Crippen LogP contribution in [-0.4, -0.2) is 46.3 Å². The van der Waals surface area contributed by atoms with Gasteiger partial charge in [-0.1, -0.05) is 29.8 Å². The minimum atomic E-state index is -0.439. The molecule has 1 atom stereocenters.